The van der Waals surface area contributed by atoms with E-state index in [4.69, 9.17) is 4.74 Å². The number of benzene rings is 5. The summed E-state index contributed by atoms with van der Waals surface area (Å²) in [7, 11) is 1.40. The lowest BCUT2D eigenvalue weighted by molar-refractivity contribution is 0.102. The van der Waals surface area contributed by atoms with E-state index in [9.17, 15) is 18.4 Å². The van der Waals surface area contributed by atoms with Gasteiger partial charge in [-0.05, 0) is 76.9 Å². The zero-order valence-electron chi connectivity index (χ0n) is 21.5. The molecule has 0 radical (unpaired) electrons. The third kappa shape index (κ3) is 6.05. The molecule has 0 aliphatic rings. The molecule has 0 aliphatic heterocycles. The normalized spacial score (nSPS) is 10.6. The molecule has 0 heterocycles. The van der Waals surface area contributed by atoms with Gasteiger partial charge in [-0.1, -0.05) is 60.7 Å². The number of hydrogen-bond donors (Lipinski definition) is 2. The second-order valence-electron chi connectivity index (χ2n) is 9.01. The van der Waals surface area contributed by atoms with Gasteiger partial charge in [0.05, 0.1) is 12.7 Å². The van der Waals surface area contributed by atoms with E-state index in [0.717, 1.165) is 11.1 Å². The molecule has 0 saturated heterocycles. The maximum absolute atomic E-state index is 14.4. The van der Waals surface area contributed by atoms with Crippen LogP contribution in [0, 0.1) is 11.6 Å². The first-order valence-electron chi connectivity index (χ1n) is 12.4. The molecule has 5 nitrogen and oxygen atoms in total. The van der Waals surface area contributed by atoms with Crippen LogP contribution in [0.2, 0.25) is 0 Å². The van der Waals surface area contributed by atoms with Gasteiger partial charge in [-0.25, -0.2) is 8.78 Å². The van der Waals surface area contributed by atoms with Crippen LogP contribution in [-0.4, -0.2) is 18.9 Å². The average molecular weight is 535 g/mol. The van der Waals surface area contributed by atoms with Crippen molar-refractivity contribution in [3.8, 4) is 28.0 Å². The highest BCUT2D eigenvalue weighted by Gasteiger charge is 2.18. The van der Waals surface area contributed by atoms with Crippen LogP contribution in [0.5, 0.6) is 5.75 Å². The van der Waals surface area contributed by atoms with Gasteiger partial charge in [-0.2, -0.15) is 0 Å². The zero-order valence-corrected chi connectivity index (χ0v) is 21.5. The molecule has 0 fully saturated rings. The fourth-order valence-corrected chi connectivity index (χ4v) is 4.35. The molecule has 0 spiro atoms. The van der Waals surface area contributed by atoms with Gasteiger partial charge in [0.25, 0.3) is 11.8 Å². The molecule has 2 amide bonds. The van der Waals surface area contributed by atoms with Crippen molar-refractivity contribution >= 4 is 23.2 Å². The molecule has 2 N–H and O–H groups in total. The summed E-state index contributed by atoms with van der Waals surface area (Å²) in [5.74, 6) is -1.92. The van der Waals surface area contributed by atoms with E-state index in [0.29, 0.717) is 11.1 Å². The monoisotopic (exact) mass is 534 g/mol. The molecular weight excluding hydrogens is 510 g/mol. The summed E-state index contributed by atoms with van der Waals surface area (Å²) in [5, 5.41) is 5.39. The Morgan fingerprint density at radius 1 is 0.575 bits per heavy atom. The standard InChI is InChI=1S/C33H24F2N2O3/c1-40-31-13-12-23(32(38)36-28-16-24(14-26(34)19-28)21-8-4-2-5-9-21)18-30(31)33(39)37-29-17-25(15-27(35)20-29)22-10-6-3-7-11-22/h2-20H,1H3,(H,36,38)(H,37,39). The number of ether oxygens (including phenoxy) is 1. The summed E-state index contributed by atoms with van der Waals surface area (Å²) < 4.78 is 34.1. The maximum atomic E-state index is 14.4. The number of nitrogens with one attached hydrogen (secondary N) is 2. The summed E-state index contributed by atoms with van der Waals surface area (Å²) in [5.41, 5.74) is 3.53. The minimum atomic E-state index is -0.590. The average Bonchev–Trinajstić information content (AvgIpc) is 2.97. The summed E-state index contributed by atoms with van der Waals surface area (Å²) in [4.78, 5) is 26.3. The van der Waals surface area contributed by atoms with Gasteiger partial charge >= 0.3 is 0 Å². The second kappa shape index (κ2) is 11.6. The van der Waals surface area contributed by atoms with E-state index >= 15 is 0 Å². The van der Waals surface area contributed by atoms with Gasteiger partial charge in [-0.15, -0.1) is 0 Å². The first kappa shape index (κ1) is 26.3. The van der Waals surface area contributed by atoms with Crippen LogP contribution in [0.4, 0.5) is 20.2 Å². The Balaban J connectivity index is 1.39. The minimum absolute atomic E-state index is 0.0740. The van der Waals surface area contributed by atoms with Crippen molar-refractivity contribution in [2.24, 2.45) is 0 Å². The lowest BCUT2D eigenvalue weighted by atomic mass is 10.0. The topological polar surface area (TPSA) is 67.4 Å². The van der Waals surface area contributed by atoms with Gasteiger partial charge in [-0.3, -0.25) is 9.59 Å². The highest BCUT2D eigenvalue weighted by Crippen LogP contribution is 2.28. The highest BCUT2D eigenvalue weighted by atomic mass is 19.1. The molecule has 0 saturated carbocycles. The van der Waals surface area contributed by atoms with Crippen molar-refractivity contribution in [2.45, 2.75) is 0 Å². The fourth-order valence-electron chi connectivity index (χ4n) is 4.35. The molecule has 0 aliphatic carbocycles. The Morgan fingerprint density at radius 2 is 1.07 bits per heavy atom. The predicted molar refractivity (Wildman–Crippen MR) is 153 cm³/mol. The molecule has 5 aromatic rings. The first-order valence-corrected chi connectivity index (χ1v) is 12.4. The molecule has 0 bridgehead atoms. The maximum Gasteiger partial charge on any atom is 0.259 e. The van der Waals surface area contributed by atoms with E-state index in [-0.39, 0.29) is 28.3 Å². The van der Waals surface area contributed by atoms with Crippen LogP contribution in [0.25, 0.3) is 22.3 Å². The summed E-state index contributed by atoms with van der Waals surface area (Å²) >= 11 is 0. The number of halogens is 2. The van der Waals surface area contributed by atoms with Crippen LogP contribution in [0.3, 0.4) is 0 Å². The number of carbonyl (C=O) groups excluding carboxylic acids is 2. The van der Waals surface area contributed by atoms with Crippen LogP contribution in [0.1, 0.15) is 20.7 Å². The largest absolute Gasteiger partial charge is 0.496 e. The molecule has 40 heavy (non-hydrogen) atoms. The minimum Gasteiger partial charge on any atom is -0.496 e. The fraction of sp³-hybridized carbons (Fsp3) is 0.0303. The SMILES string of the molecule is COc1ccc(C(=O)Nc2cc(F)cc(-c3ccccc3)c2)cc1C(=O)Nc1cc(F)cc(-c2ccccc2)c1. The molecule has 0 atom stereocenters. The van der Waals surface area contributed by atoms with E-state index in [1.807, 2.05) is 60.7 Å². The van der Waals surface area contributed by atoms with Crippen molar-refractivity contribution in [3.05, 3.63) is 138 Å². The van der Waals surface area contributed by atoms with Crippen molar-refractivity contribution in [2.75, 3.05) is 17.7 Å². The van der Waals surface area contributed by atoms with E-state index in [1.165, 1.54) is 49.6 Å². The molecule has 198 valence electrons. The molecule has 7 heteroatoms. The molecule has 0 unspecified atom stereocenters. The van der Waals surface area contributed by atoms with E-state index in [2.05, 4.69) is 10.6 Å². The van der Waals surface area contributed by atoms with Gasteiger partial charge in [0.1, 0.15) is 17.4 Å². The predicted octanol–water partition coefficient (Wildman–Crippen LogP) is 7.81. The summed E-state index contributed by atoms with van der Waals surface area (Å²) in [6.07, 6.45) is 0. The Morgan fingerprint density at radius 3 is 1.57 bits per heavy atom. The van der Waals surface area contributed by atoms with Crippen LogP contribution in [-0.2, 0) is 0 Å². The van der Waals surface area contributed by atoms with Crippen molar-refractivity contribution < 1.29 is 23.1 Å². The van der Waals surface area contributed by atoms with E-state index < -0.39 is 23.4 Å². The lowest BCUT2D eigenvalue weighted by Gasteiger charge is -2.13. The third-order valence-electron chi connectivity index (χ3n) is 6.23. The highest BCUT2D eigenvalue weighted by molar-refractivity contribution is 6.10. The number of hydrogen-bond acceptors (Lipinski definition) is 3. The van der Waals surface area contributed by atoms with Gasteiger partial charge in [0.15, 0.2) is 0 Å². The Kier molecular flexibility index (Phi) is 7.64. The zero-order chi connectivity index (χ0) is 28.1. The third-order valence-corrected chi connectivity index (χ3v) is 6.23. The Labute approximate surface area is 230 Å². The van der Waals surface area contributed by atoms with Crippen molar-refractivity contribution in [1.29, 1.82) is 0 Å². The smallest absolute Gasteiger partial charge is 0.259 e. The molecular formula is C33H24F2N2O3. The Bertz CT molecular complexity index is 1690. The lowest BCUT2D eigenvalue weighted by Crippen LogP contribution is -2.17. The van der Waals surface area contributed by atoms with Crippen LogP contribution >= 0.6 is 0 Å². The van der Waals surface area contributed by atoms with Gasteiger partial charge in [0, 0.05) is 16.9 Å². The number of rotatable bonds is 7. The molecule has 5 rings (SSSR count). The number of anilines is 2. The van der Waals surface area contributed by atoms with Crippen LogP contribution < -0.4 is 15.4 Å². The first-order chi connectivity index (χ1) is 19.4. The van der Waals surface area contributed by atoms with Crippen molar-refractivity contribution in [3.63, 3.8) is 0 Å². The number of carbonyl (C=O) groups is 2. The van der Waals surface area contributed by atoms with Crippen molar-refractivity contribution in [1.82, 2.24) is 0 Å². The van der Waals surface area contributed by atoms with Gasteiger partial charge in [0.2, 0.25) is 0 Å². The number of amides is 2. The Hall–Kier alpha value is -5.30. The summed E-state index contributed by atoms with van der Waals surface area (Å²) in [6, 6.07) is 31.3. The quantitative estimate of drug-likeness (QED) is 0.224. The van der Waals surface area contributed by atoms with Crippen LogP contribution in [0.15, 0.2) is 115 Å². The van der Waals surface area contributed by atoms with E-state index in [1.54, 1.807) is 12.1 Å². The summed E-state index contributed by atoms with van der Waals surface area (Å²) in [6.45, 7) is 0. The second-order valence-corrected chi connectivity index (χ2v) is 9.01. The number of methoxy groups -OCH3 is 1. The van der Waals surface area contributed by atoms with Gasteiger partial charge < -0.3 is 15.4 Å². The molecule has 5 aromatic carbocycles. The molecule has 0 aromatic heterocycles.